The average Bonchev–Trinajstić information content (AvgIpc) is 3.41. The van der Waals surface area contributed by atoms with Gasteiger partial charge in [-0.15, -0.1) is 10.2 Å². The molecule has 2 heterocycles. The number of aromatic nitrogens is 3. The number of ether oxygens (including phenoxy) is 1. The quantitative estimate of drug-likeness (QED) is 0.454. The number of esters is 1. The first-order valence-corrected chi connectivity index (χ1v) is 10.1. The van der Waals surface area contributed by atoms with Gasteiger partial charge in [0.2, 0.25) is 17.7 Å². The lowest BCUT2D eigenvalue weighted by Gasteiger charge is -2.09. The number of amides is 1. The third kappa shape index (κ3) is 4.48. The fourth-order valence-corrected chi connectivity index (χ4v) is 3.26. The van der Waals surface area contributed by atoms with Gasteiger partial charge < -0.3 is 19.0 Å². The summed E-state index contributed by atoms with van der Waals surface area (Å²) in [5.74, 6) is 0.395. The number of nitrogens with zero attached hydrogens (tertiary/aromatic N) is 3. The molecule has 0 atom stereocenters. The third-order valence-electron chi connectivity index (χ3n) is 4.76. The van der Waals surface area contributed by atoms with E-state index in [4.69, 9.17) is 9.15 Å². The van der Waals surface area contributed by atoms with E-state index in [1.807, 2.05) is 42.0 Å². The topological polar surface area (TPSA) is 99.2 Å². The van der Waals surface area contributed by atoms with E-state index in [0.29, 0.717) is 36.1 Å². The Kier molecular flexibility index (Phi) is 5.79. The number of aryl methyl sites for hydroxylation is 1. The van der Waals surface area contributed by atoms with Crippen molar-refractivity contribution in [1.29, 1.82) is 0 Å². The van der Waals surface area contributed by atoms with Gasteiger partial charge in [0.1, 0.15) is 6.54 Å². The molecule has 8 nitrogen and oxygen atoms in total. The van der Waals surface area contributed by atoms with Crippen LogP contribution in [0.1, 0.15) is 30.1 Å². The van der Waals surface area contributed by atoms with Crippen molar-refractivity contribution in [1.82, 2.24) is 14.8 Å². The molecule has 0 spiro atoms. The number of rotatable bonds is 7. The molecule has 31 heavy (non-hydrogen) atoms. The largest absolute Gasteiger partial charge is 0.462 e. The zero-order chi connectivity index (χ0) is 21.8. The predicted molar refractivity (Wildman–Crippen MR) is 116 cm³/mol. The molecule has 2 aromatic carbocycles. The predicted octanol–water partition coefficient (Wildman–Crippen LogP) is 4.07. The van der Waals surface area contributed by atoms with Crippen molar-refractivity contribution >= 4 is 28.5 Å². The van der Waals surface area contributed by atoms with Gasteiger partial charge in [-0.2, -0.15) is 0 Å². The number of benzene rings is 2. The summed E-state index contributed by atoms with van der Waals surface area (Å²) in [7, 11) is 0. The van der Waals surface area contributed by atoms with Gasteiger partial charge in [0.25, 0.3) is 0 Å². The summed E-state index contributed by atoms with van der Waals surface area (Å²) in [6.07, 6.45) is 2.53. The third-order valence-corrected chi connectivity index (χ3v) is 4.76. The lowest BCUT2D eigenvalue weighted by Crippen LogP contribution is -2.18. The van der Waals surface area contributed by atoms with Crippen molar-refractivity contribution in [2.75, 3.05) is 11.9 Å². The van der Waals surface area contributed by atoms with E-state index in [-0.39, 0.29) is 12.5 Å². The molecule has 0 aliphatic carbocycles. The van der Waals surface area contributed by atoms with Crippen LogP contribution in [0.3, 0.4) is 0 Å². The van der Waals surface area contributed by atoms with Crippen LogP contribution >= 0.6 is 0 Å². The van der Waals surface area contributed by atoms with E-state index in [1.165, 1.54) is 0 Å². The molecule has 2 aromatic heterocycles. The van der Waals surface area contributed by atoms with E-state index in [2.05, 4.69) is 15.5 Å². The molecule has 0 fully saturated rings. The molecule has 8 heteroatoms. The fraction of sp³-hybridized carbons (Fsp3) is 0.217. The normalized spacial score (nSPS) is 10.9. The maximum Gasteiger partial charge on any atom is 0.338 e. The SMILES string of the molecule is CCOC(=O)c1cccc(NC(=O)Cn2ccc3ccc(-c4nnc(CC)o4)cc32)c1. The highest BCUT2D eigenvalue weighted by Gasteiger charge is 2.12. The van der Waals surface area contributed by atoms with Gasteiger partial charge in [-0.1, -0.05) is 19.1 Å². The van der Waals surface area contributed by atoms with Gasteiger partial charge in [0.15, 0.2) is 0 Å². The van der Waals surface area contributed by atoms with Crippen molar-refractivity contribution in [3.63, 3.8) is 0 Å². The second-order valence-electron chi connectivity index (χ2n) is 6.92. The summed E-state index contributed by atoms with van der Waals surface area (Å²) in [6, 6.07) is 14.4. The Bertz CT molecular complexity index is 1240. The summed E-state index contributed by atoms with van der Waals surface area (Å²) in [5.41, 5.74) is 2.60. The van der Waals surface area contributed by atoms with Crippen molar-refractivity contribution in [3.05, 3.63) is 66.2 Å². The zero-order valence-corrected chi connectivity index (χ0v) is 17.3. The summed E-state index contributed by atoms with van der Waals surface area (Å²) < 4.78 is 12.5. The summed E-state index contributed by atoms with van der Waals surface area (Å²) >= 11 is 0. The van der Waals surface area contributed by atoms with E-state index in [9.17, 15) is 9.59 Å². The molecule has 1 amide bonds. The van der Waals surface area contributed by atoms with Gasteiger partial charge in [-0.3, -0.25) is 4.79 Å². The zero-order valence-electron chi connectivity index (χ0n) is 17.3. The lowest BCUT2D eigenvalue weighted by atomic mass is 10.1. The monoisotopic (exact) mass is 418 g/mol. The summed E-state index contributed by atoms with van der Waals surface area (Å²) in [6.45, 7) is 4.10. The molecular formula is C23H22N4O4. The standard InChI is InChI=1S/C23H22N4O4/c1-3-21-25-26-22(31-21)16-9-8-15-10-11-27(19(15)13-16)14-20(28)24-18-7-5-6-17(12-18)23(29)30-4-2/h5-13H,3-4,14H2,1-2H3,(H,24,28). The molecule has 0 saturated carbocycles. The van der Waals surface area contributed by atoms with Gasteiger partial charge in [-0.05, 0) is 48.7 Å². The van der Waals surface area contributed by atoms with Crippen molar-refractivity contribution in [2.24, 2.45) is 0 Å². The molecule has 4 rings (SSSR count). The van der Waals surface area contributed by atoms with Crippen molar-refractivity contribution in [3.8, 4) is 11.5 Å². The van der Waals surface area contributed by atoms with Crippen molar-refractivity contribution in [2.45, 2.75) is 26.8 Å². The Morgan fingerprint density at radius 2 is 1.97 bits per heavy atom. The molecule has 158 valence electrons. The maximum absolute atomic E-state index is 12.6. The molecule has 0 unspecified atom stereocenters. The van der Waals surface area contributed by atoms with Crippen LogP contribution in [0, 0.1) is 0 Å². The van der Waals surface area contributed by atoms with Crippen LogP contribution < -0.4 is 5.32 Å². The Hall–Kier alpha value is -3.94. The number of hydrogen-bond donors (Lipinski definition) is 1. The van der Waals surface area contributed by atoms with E-state index >= 15 is 0 Å². The van der Waals surface area contributed by atoms with Crippen LogP contribution in [0.2, 0.25) is 0 Å². The summed E-state index contributed by atoms with van der Waals surface area (Å²) in [5, 5.41) is 11.9. The van der Waals surface area contributed by atoms with Gasteiger partial charge >= 0.3 is 5.97 Å². The molecule has 4 aromatic rings. The highest BCUT2D eigenvalue weighted by molar-refractivity contribution is 5.95. The molecule has 0 saturated heterocycles. The van der Waals surface area contributed by atoms with Crippen LogP contribution in [0.25, 0.3) is 22.4 Å². The minimum absolute atomic E-state index is 0.112. The fourth-order valence-electron chi connectivity index (χ4n) is 3.26. The molecule has 0 aliphatic heterocycles. The van der Waals surface area contributed by atoms with E-state index < -0.39 is 5.97 Å². The number of nitrogens with one attached hydrogen (secondary N) is 1. The van der Waals surface area contributed by atoms with Gasteiger partial charge in [0.05, 0.1) is 12.2 Å². The van der Waals surface area contributed by atoms with Crippen LogP contribution in [0.15, 0.2) is 59.1 Å². The Morgan fingerprint density at radius 3 is 2.74 bits per heavy atom. The second kappa shape index (κ2) is 8.83. The maximum atomic E-state index is 12.6. The molecular weight excluding hydrogens is 396 g/mol. The number of carbonyl (C=O) groups is 2. The van der Waals surface area contributed by atoms with Crippen molar-refractivity contribution < 1.29 is 18.7 Å². The lowest BCUT2D eigenvalue weighted by molar-refractivity contribution is -0.116. The number of hydrogen-bond acceptors (Lipinski definition) is 6. The molecule has 1 N–H and O–H groups in total. The van der Waals surface area contributed by atoms with Crippen LogP contribution in [-0.4, -0.2) is 33.2 Å². The van der Waals surface area contributed by atoms with Crippen LogP contribution in [-0.2, 0) is 22.5 Å². The first-order valence-electron chi connectivity index (χ1n) is 10.1. The smallest absolute Gasteiger partial charge is 0.338 e. The second-order valence-corrected chi connectivity index (χ2v) is 6.92. The number of anilines is 1. The number of carbonyl (C=O) groups excluding carboxylic acids is 2. The van der Waals surface area contributed by atoms with Gasteiger partial charge in [0, 0.05) is 29.4 Å². The summed E-state index contributed by atoms with van der Waals surface area (Å²) in [4.78, 5) is 24.5. The van der Waals surface area contributed by atoms with E-state index in [0.717, 1.165) is 16.5 Å². The first-order chi connectivity index (χ1) is 15.1. The van der Waals surface area contributed by atoms with Crippen LogP contribution in [0.5, 0.6) is 0 Å². The van der Waals surface area contributed by atoms with Gasteiger partial charge in [-0.25, -0.2) is 4.79 Å². The average molecular weight is 418 g/mol. The minimum atomic E-state index is -0.421. The molecule has 0 radical (unpaired) electrons. The number of fused-ring (bicyclic) bond motifs is 1. The Labute approximate surface area is 178 Å². The van der Waals surface area contributed by atoms with E-state index in [1.54, 1.807) is 31.2 Å². The minimum Gasteiger partial charge on any atom is -0.462 e. The highest BCUT2D eigenvalue weighted by atomic mass is 16.5. The first kappa shape index (κ1) is 20.3. The molecule has 0 aliphatic rings. The Balaban J connectivity index is 1.52. The molecule has 0 bridgehead atoms. The highest BCUT2D eigenvalue weighted by Crippen LogP contribution is 2.25. The Morgan fingerprint density at radius 1 is 1.10 bits per heavy atom. The van der Waals surface area contributed by atoms with Crippen LogP contribution in [0.4, 0.5) is 5.69 Å².